The van der Waals surface area contributed by atoms with Crippen molar-refractivity contribution in [1.82, 2.24) is 0 Å². The van der Waals surface area contributed by atoms with Crippen molar-refractivity contribution in [3.05, 3.63) is 63.6 Å². The SMILES string of the molecule is O=C(c1ccccc1Cl)c1cc(Cl)ccc1[As]. The second kappa shape index (κ2) is 5.26. The Morgan fingerprint density at radius 1 is 1.00 bits per heavy atom. The summed E-state index contributed by atoms with van der Waals surface area (Å²) < 4.78 is 0.826. The van der Waals surface area contributed by atoms with Gasteiger partial charge < -0.3 is 0 Å². The van der Waals surface area contributed by atoms with Gasteiger partial charge in [0.15, 0.2) is 0 Å². The van der Waals surface area contributed by atoms with Gasteiger partial charge in [0, 0.05) is 0 Å². The molecule has 0 saturated carbocycles. The summed E-state index contributed by atoms with van der Waals surface area (Å²) in [6.45, 7) is 0. The van der Waals surface area contributed by atoms with E-state index in [-0.39, 0.29) is 5.78 Å². The first-order valence-electron chi connectivity index (χ1n) is 4.87. The van der Waals surface area contributed by atoms with Crippen LogP contribution >= 0.6 is 23.2 Å². The predicted molar refractivity (Wildman–Crippen MR) is 71.7 cm³/mol. The first-order valence-corrected chi connectivity index (χ1v) is 6.57. The molecule has 0 heterocycles. The number of hydrogen-bond acceptors (Lipinski definition) is 1. The second-order valence-electron chi connectivity index (χ2n) is 3.47. The van der Waals surface area contributed by atoms with Gasteiger partial charge in [-0.3, -0.25) is 0 Å². The van der Waals surface area contributed by atoms with E-state index in [9.17, 15) is 4.79 Å². The Morgan fingerprint density at radius 3 is 2.41 bits per heavy atom. The average Bonchev–Trinajstić information content (AvgIpc) is 2.32. The molecule has 2 rings (SSSR count). The summed E-state index contributed by atoms with van der Waals surface area (Å²) in [5.41, 5.74) is 1.05. The molecule has 84 valence electrons. The van der Waals surface area contributed by atoms with Crippen molar-refractivity contribution in [2.24, 2.45) is 0 Å². The van der Waals surface area contributed by atoms with Gasteiger partial charge in [0.2, 0.25) is 0 Å². The normalized spacial score (nSPS) is 10.3. The molecule has 0 N–H and O–H groups in total. The van der Waals surface area contributed by atoms with Crippen molar-refractivity contribution >= 4 is 50.2 Å². The summed E-state index contributed by atoms with van der Waals surface area (Å²) in [7, 11) is 0. The van der Waals surface area contributed by atoms with E-state index >= 15 is 0 Å². The molecule has 2 radical (unpaired) electrons. The van der Waals surface area contributed by atoms with Gasteiger partial charge in [-0.1, -0.05) is 0 Å². The van der Waals surface area contributed by atoms with E-state index in [0.29, 0.717) is 21.2 Å². The van der Waals surface area contributed by atoms with Gasteiger partial charge in [-0.2, -0.15) is 0 Å². The fourth-order valence-corrected chi connectivity index (χ4v) is 2.38. The molecule has 0 aliphatic carbocycles. The van der Waals surface area contributed by atoms with Crippen LogP contribution in [0.2, 0.25) is 10.0 Å². The van der Waals surface area contributed by atoms with E-state index in [4.69, 9.17) is 23.2 Å². The standard InChI is InChI=1S/C13H7AsCl2O/c14-11-6-5-8(15)7-10(11)13(17)9-3-1-2-4-12(9)16/h1-7H. The molecule has 1 nitrogen and oxygen atoms in total. The van der Waals surface area contributed by atoms with Gasteiger partial charge in [0.25, 0.3) is 0 Å². The van der Waals surface area contributed by atoms with Crippen LogP contribution in [0.5, 0.6) is 0 Å². The first-order chi connectivity index (χ1) is 8.09. The molecule has 2 aromatic carbocycles. The summed E-state index contributed by atoms with van der Waals surface area (Å²) in [5, 5.41) is 0.986. The van der Waals surface area contributed by atoms with E-state index in [1.165, 1.54) is 0 Å². The number of carbonyl (C=O) groups excluding carboxylic acids is 1. The Balaban J connectivity index is 2.51. The van der Waals surface area contributed by atoms with Gasteiger partial charge in [0.05, 0.1) is 0 Å². The molecule has 0 atom stereocenters. The van der Waals surface area contributed by atoms with Crippen LogP contribution in [0.15, 0.2) is 42.5 Å². The Bertz CT molecular complexity index is 581. The average molecular weight is 325 g/mol. The van der Waals surface area contributed by atoms with Gasteiger partial charge in [-0.05, 0) is 0 Å². The number of ketones is 1. The molecule has 0 amide bonds. The number of hydrogen-bond donors (Lipinski definition) is 0. The number of benzene rings is 2. The molecule has 0 aliphatic rings. The van der Waals surface area contributed by atoms with Crippen LogP contribution in [0, 0.1) is 0 Å². The Hall–Kier alpha value is -0.752. The summed E-state index contributed by atoms with van der Waals surface area (Å²) >= 11 is 14.3. The maximum absolute atomic E-state index is 12.3. The van der Waals surface area contributed by atoms with Crippen LogP contribution in [0.4, 0.5) is 0 Å². The van der Waals surface area contributed by atoms with Gasteiger partial charge in [-0.15, -0.1) is 0 Å². The Labute approximate surface area is 118 Å². The van der Waals surface area contributed by atoms with Gasteiger partial charge >= 0.3 is 119 Å². The van der Waals surface area contributed by atoms with Crippen LogP contribution in [0.25, 0.3) is 0 Å². The molecule has 0 saturated heterocycles. The van der Waals surface area contributed by atoms with Crippen LogP contribution in [-0.4, -0.2) is 22.6 Å². The number of halogens is 2. The zero-order valence-corrected chi connectivity index (χ0v) is 12.0. The molecule has 0 fully saturated rings. The van der Waals surface area contributed by atoms with E-state index in [0.717, 1.165) is 4.35 Å². The van der Waals surface area contributed by atoms with E-state index in [1.54, 1.807) is 42.5 Å². The van der Waals surface area contributed by atoms with Crippen molar-refractivity contribution in [1.29, 1.82) is 0 Å². The molecule has 0 spiro atoms. The Morgan fingerprint density at radius 2 is 1.71 bits per heavy atom. The van der Waals surface area contributed by atoms with E-state index in [2.05, 4.69) is 16.9 Å². The summed E-state index contributed by atoms with van der Waals surface area (Å²) in [5.74, 6) is -0.117. The molecule has 4 heteroatoms. The van der Waals surface area contributed by atoms with Crippen molar-refractivity contribution in [3.8, 4) is 0 Å². The molecule has 0 unspecified atom stereocenters. The fraction of sp³-hybridized carbons (Fsp3) is 0. The summed E-state index contributed by atoms with van der Waals surface area (Å²) in [6, 6.07) is 12.2. The van der Waals surface area contributed by atoms with Crippen LogP contribution in [-0.2, 0) is 0 Å². The van der Waals surface area contributed by atoms with Crippen molar-refractivity contribution in [2.45, 2.75) is 0 Å². The predicted octanol–water partition coefficient (Wildman–Crippen LogP) is 3.02. The summed E-state index contributed by atoms with van der Waals surface area (Å²) in [4.78, 5) is 12.3. The molecule has 2 aromatic rings. The maximum atomic E-state index is 12.3. The number of carbonyl (C=O) groups is 1. The zero-order valence-electron chi connectivity index (χ0n) is 8.65. The van der Waals surface area contributed by atoms with Crippen LogP contribution in [0.3, 0.4) is 0 Å². The molecule has 17 heavy (non-hydrogen) atoms. The topological polar surface area (TPSA) is 17.1 Å². The Kier molecular flexibility index (Phi) is 3.93. The van der Waals surface area contributed by atoms with Crippen molar-refractivity contribution in [3.63, 3.8) is 0 Å². The monoisotopic (exact) mass is 324 g/mol. The zero-order chi connectivity index (χ0) is 12.4. The van der Waals surface area contributed by atoms with Gasteiger partial charge in [-0.25, -0.2) is 0 Å². The summed E-state index contributed by atoms with van der Waals surface area (Å²) in [6.07, 6.45) is 0. The van der Waals surface area contributed by atoms with E-state index in [1.807, 2.05) is 0 Å². The molecule has 0 aromatic heterocycles. The molecule has 0 bridgehead atoms. The first kappa shape index (κ1) is 12.7. The third kappa shape index (κ3) is 2.74. The minimum absolute atomic E-state index is 0.117. The van der Waals surface area contributed by atoms with E-state index < -0.39 is 0 Å². The molecule has 0 aliphatic heterocycles. The fourth-order valence-electron chi connectivity index (χ4n) is 1.48. The van der Waals surface area contributed by atoms with Crippen molar-refractivity contribution in [2.75, 3.05) is 0 Å². The van der Waals surface area contributed by atoms with Crippen LogP contribution < -0.4 is 4.35 Å². The third-order valence-corrected chi connectivity index (χ3v) is 3.70. The quantitative estimate of drug-likeness (QED) is 0.613. The van der Waals surface area contributed by atoms with Crippen molar-refractivity contribution < 1.29 is 4.79 Å². The molecular weight excluding hydrogens is 318 g/mol. The minimum atomic E-state index is -0.117. The van der Waals surface area contributed by atoms with Crippen LogP contribution in [0.1, 0.15) is 15.9 Å². The second-order valence-corrected chi connectivity index (χ2v) is 5.32. The molecular formula is C13H7AsCl2O. The number of rotatable bonds is 2. The van der Waals surface area contributed by atoms with Gasteiger partial charge in [0.1, 0.15) is 0 Å². The third-order valence-electron chi connectivity index (χ3n) is 2.32.